The molecule has 25 heavy (non-hydrogen) atoms. The molecular formula is C18H17Cl2N3OS. The third-order valence-electron chi connectivity index (χ3n) is 3.97. The Labute approximate surface area is 162 Å². The summed E-state index contributed by atoms with van der Waals surface area (Å²) in [6, 6.07) is 12.3. The number of nitrogens with one attached hydrogen (secondary N) is 2. The van der Waals surface area contributed by atoms with E-state index in [1.165, 1.54) is 0 Å². The van der Waals surface area contributed by atoms with Crippen molar-refractivity contribution in [2.24, 2.45) is 0 Å². The van der Waals surface area contributed by atoms with Crippen molar-refractivity contribution >= 4 is 57.8 Å². The zero-order valence-corrected chi connectivity index (χ0v) is 15.7. The molecule has 0 bridgehead atoms. The molecule has 7 heteroatoms. The summed E-state index contributed by atoms with van der Waals surface area (Å²) in [4.78, 5) is 14.5. The minimum atomic E-state index is -0.315. The van der Waals surface area contributed by atoms with Gasteiger partial charge in [-0.2, -0.15) is 0 Å². The van der Waals surface area contributed by atoms with Gasteiger partial charge < -0.3 is 10.2 Å². The molecule has 1 heterocycles. The molecule has 1 amide bonds. The Bertz CT molecular complexity index is 807. The Balaban J connectivity index is 1.73. The van der Waals surface area contributed by atoms with Crippen LogP contribution in [0.5, 0.6) is 0 Å². The molecule has 1 saturated heterocycles. The molecule has 130 valence electrons. The Morgan fingerprint density at radius 2 is 1.80 bits per heavy atom. The first kappa shape index (κ1) is 18.0. The monoisotopic (exact) mass is 393 g/mol. The van der Waals surface area contributed by atoms with Crippen LogP contribution in [0.3, 0.4) is 0 Å². The van der Waals surface area contributed by atoms with Crippen LogP contribution in [0.4, 0.5) is 11.4 Å². The summed E-state index contributed by atoms with van der Waals surface area (Å²) in [6.07, 6.45) is 2.28. The second-order valence-corrected chi connectivity index (χ2v) is 7.00. The SMILES string of the molecule is O=C(NC(=S)Nc1cccc(Cl)c1N1CCCC1)c1cccc(Cl)c1. The van der Waals surface area contributed by atoms with Crippen molar-refractivity contribution in [1.82, 2.24) is 5.32 Å². The van der Waals surface area contributed by atoms with Gasteiger partial charge in [-0.25, -0.2) is 0 Å². The third kappa shape index (κ3) is 4.42. The molecule has 1 aliphatic rings. The number of rotatable bonds is 3. The predicted octanol–water partition coefficient (Wildman–Crippen LogP) is 4.72. The summed E-state index contributed by atoms with van der Waals surface area (Å²) in [6.45, 7) is 1.92. The second-order valence-electron chi connectivity index (χ2n) is 5.75. The summed E-state index contributed by atoms with van der Waals surface area (Å²) in [5, 5.41) is 7.13. The molecule has 0 saturated carbocycles. The molecule has 0 aromatic heterocycles. The molecule has 0 radical (unpaired) electrons. The number of nitrogens with zero attached hydrogens (tertiary/aromatic N) is 1. The molecule has 0 spiro atoms. The molecule has 2 aromatic carbocycles. The number of halogens is 2. The average Bonchev–Trinajstić information content (AvgIpc) is 3.09. The van der Waals surface area contributed by atoms with E-state index in [2.05, 4.69) is 15.5 Å². The topological polar surface area (TPSA) is 44.4 Å². The highest BCUT2D eigenvalue weighted by molar-refractivity contribution is 7.80. The highest BCUT2D eigenvalue weighted by Crippen LogP contribution is 2.35. The molecule has 0 aliphatic carbocycles. The van der Waals surface area contributed by atoms with Crippen molar-refractivity contribution in [3.63, 3.8) is 0 Å². The van der Waals surface area contributed by atoms with Gasteiger partial charge in [-0.1, -0.05) is 35.3 Å². The number of hydrogen-bond acceptors (Lipinski definition) is 3. The van der Waals surface area contributed by atoms with Gasteiger partial charge in [-0.15, -0.1) is 0 Å². The third-order valence-corrected chi connectivity index (χ3v) is 4.72. The maximum Gasteiger partial charge on any atom is 0.257 e. The normalized spacial score (nSPS) is 13.6. The number of anilines is 2. The van der Waals surface area contributed by atoms with E-state index in [9.17, 15) is 4.79 Å². The summed E-state index contributed by atoms with van der Waals surface area (Å²) >= 11 is 17.6. The number of para-hydroxylation sites is 1. The number of carbonyl (C=O) groups excluding carboxylic acids is 1. The number of hydrogen-bond donors (Lipinski definition) is 2. The van der Waals surface area contributed by atoms with E-state index in [0.29, 0.717) is 15.6 Å². The van der Waals surface area contributed by atoms with Crippen LogP contribution in [0.1, 0.15) is 23.2 Å². The highest BCUT2D eigenvalue weighted by atomic mass is 35.5. The minimum Gasteiger partial charge on any atom is -0.369 e. The number of thiocarbonyl (C=S) groups is 1. The molecule has 1 fully saturated rings. The van der Waals surface area contributed by atoms with Crippen LogP contribution in [-0.2, 0) is 0 Å². The first-order valence-electron chi connectivity index (χ1n) is 7.96. The van der Waals surface area contributed by atoms with Crippen molar-refractivity contribution in [2.45, 2.75) is 12.8 Å². The maximum absolute atomic E-state index is 12.3. The number of amides is 1. The molecule has 0 unspecified atom stereocenters. The van der Waals surface area contributed by atoms with Crippen LogP contribution >= 0.6 is 35.4 Å². The van der Waals surface area contributed by atoms with Gasteiger partial charge in [0.05, 0.1) is 16.4 Å². The van der Waals surface area contributed by atoms with Crippen molar-refractivity contribution < 1.29 is 4.79 Å². The first-order valence-corrected chi connectivity index (χ1v) is 9.12. The molecule has 1 aliphatic heterocycles. The van der Waals surface area contributed by atoms with Crippen LogP contribution in [0.2, 0.25) is 10.0 Å². The highest BCUT2D eigenvalue weighted by Gasteiger charge is 2.19. The van der Waals surface area contributed by atoms with E-state index in [-0.39, 0.29) is 11.0 Å². The lowest BCUT2D eigenvalue weighted by molar-refractivity contribution is 0.0977. The summed E-state index contributed by atoms with van der Waals surface area (Å²) < 4.78 is 0. The summed E-state index contributed by atoms with van der Waals surface area (Å²) in [5.41, 5.74) is 2.15. The molecule has 2 aromatic rings. The van der Waals surface area contributed by atoms with Crippen LogP contribution < -0.4 is 15.5 Å². The van der Waals surface area contributed by atoms with E-state index in [1.807, 2.05) is 18.2 Å². The number of carbonyl (C=O) groups is 1. The van der Waals surface area contributed by atoms with Crippen molar-refractivity contribution in [2.75, 3.05) is 23.3 Å². The first-order chi connectivity index (χ1) is 12.0. The molecular weight excluding hydrogens is 377 g/mol. The van der Waals surface area contributed by atoms with Crippen molar-refractivity contribution in [1.29, 1.82) is 0 Å². The smallest absolute Gasteiger partial charge is 0.257 e. The average molecular weight is 394 g/mol. The summed E-state index contributed by atoms with van der Waals surface area (Å²) in [7, 11) is 0. The van der Waals surface area contributed by atoms with Gasteiger partial charge in [0, 0.05) is 23.7 Å². The Hall–Kier alpha value is -1.82. The van der Waals surface area contributed by atoms with Crippen LogP contribution in [0.15, 0.2) is 42.5 Å². The van der Waals surface area contributed by atoms with Gasteiger partial charge in [0.2, 0.25) is 0 Å². The lowest BCUT2D eigenvalue weighted by Crippen LogP contribution is -2.34. The molecule has 4 nitrogen and oxygen atoms in total. The van der Waals surface area contributed by atoms with Crippen LogP contribution in [-0.4, -0.2) is 24.1 Å². The lowest BCUT2D eigenvalue weighted by Gasteiger charge is -2.23. The predicted molar refractivity (Wildman–Crippen MR) is 108 cm³/mol. The number of benzene rings is 2. The van der Waals surface area contributed by atoms with Gasteiger partial charge in [0.1, 0.15) is 0 Å². The van der Waals surface area contributed by atoms with E-state index in [1.54, 1.807) is 24.3 Å². The van der Waals surface area contributed by atoms with E-state index >= 15 is 0 Å². The standard InChI is InChI=1S/C18H17Cl2N3OS/c19-13-6-3-5-12(11-13)17(24)22-18(25)21-15-8-4-7-14(20)16(15)23-9-1-2-10-23/h3-8,11H,1-2,9-10H2,(H2,21,22,24,25). The largest absolute Gasteiger partial charge is 0.369 e. The van der Waals surface area contributed by atoms with Crippen LogP contribution in [0, 0.1) is 0 Å². The second kappa shape index (κ2) is 8.04. The van der Waals surface area contributed by atoms with Crippen LogP contribution in [0.25, 0.3) is 0 Å². The fourth-order valence-corrected chi connectivity index (χ4v) is 3.52. The molecule has 0 atom stereocenters. The van der Waals surface area contributed by atoms with E-state index in [4.69, 9.17) is 35.4 Å². The van der Waals surface area contributed by atoms with E-state index in [0.717, 1.165) is 37.3 Å². The quantitative estimate of drug-likeness (QED) is 0.740. The zero-order chi connectivity index (χ0) is 17.8. The fraction of sp³-hybridized carbons (Fsp3) is 0.222. The Kier molecular flexibility index (Phi) is 5.78. The lowest BCUT2D eigenvalue weighted by atomic mass is 10.2. The van der Waals surface area contributed by atoms with E-state index < -0.39 is 0 Å². The zero-order valence-electron chi connectivity index (χ0n) is 13.4. The van der Waals surface area contributed by atoms with Gasteiger partial charge in [-0.05, 0) is 55.4 Å². The van der Waals surface area contributed by atoms with Gasteiger partial charge >= 0.3 is 0 Å². The van der Waals surface area contributed by atoms with Gasteiger partial charge in [-0.3, -0.25) is 10.1 Å². The minimum absolute atomic E-state index is 0.215. The summed E-state index contributed by atoms with van der Waals surface area (Å²) in [5.74, 6) is -0.315. The Morgan fingerprint density at radius 3 is 2.52 bits per heavy atom. The van der Waals surface area contributed by atoms with Crippen molar-refractivity contribution in [3.8, 4) is 0 Å². The molecule has 2 N–H and O–H groups in total. The Morgan fingerprint density at radius 1 is 1.08 bits per heavy atom. The fourth-order valence-electron chi connectivity index (χ4n) is 2.84. The maximum atomic E-state index is 12.3. The van der Waals surface area contributed by atoms with Crippen molar-refractivity contribution in [3.05, 3.63) is 58.1 Å². The van der Waals surface area contributed by atoms with Gasteiger partial charge in [0.15, 0.2) is 5.11 Å². The van der Waals surface area contributed by atoms with Gasteiger partial charge in [0.25, 0.3) is 5.91 Å². The molecule has 3 rings (SSSR count).